The van der Waals surface area contributed by atoms with Crippen molar-refractivity contribution in [3.05, 3.63) is 35.0 Å². The lowest BCUT2D eigenvalue weighted by atomic mass is 9.92. The summed E-state index contributed by atoms with van der Waals surface area (Å²) < 4.78 is 0. The zero-order valence-electron chi connectivity index (χ0n) is 19.2. The Hall–Kier alpha value is -2.52. The zero-order valence-corrected chi connectivity index (χ0v) is 20.0. The highest BCUT2D eigenvalue weighted by Gasteiger charge is 2.34. The summed E-state index contributed by atoms with van der Waals surface area (Å²) in [4.78, 5) is 38.7. The van der Waals surface area contributed by atoms with Crippen molar-refractivity contribution in [2.45, 2.75) is 63.8 Å². The Morgan fingerprint density at radius 1 is 1.18 bits per heavy atom. The van der Waals surface area contributed by atoms with Gasteiger partial charge >= 0.3 is 5.97 Å². The monoisotopic (exact) mass is 471 g/mol. The number of hydrogen-bond acceptors (Lipinski definition) is 7. The molecule has 8 nitrogen and oxygen atoms in total. The average Bonchev–Trinajstić information content (AvgIpc) is 3.26. The molecule has 0 radical (unpaired) electrons. The van der Waals surface area contributed by atoms with E-state index < -0.39 is 5.97 Å². The van der Waals surface area contributed by atoms with Crippen LogP contribution in [-0.2, 0) is 16.0 Å². The summed E-state index contributed by atoms with van der Waals surface area (Å²) in [5, 5.41) is 13.4. The van der Waals surface area contributed by atoms with Crippen LogP contribution >= 0.6 is 11.3 Å². The van der Waals surface area contributed by atoms with Crippen LogP contribution in [0, 0.1) is 0 Å². The molecule has 178 valence electrons. The minimum Gasteiger partial charge on any atom is -0.480 e. The Morgan fingerprint density at radius 3 is 2.76 bits per heavy atom. The first-order valence-corrected chi connectivity index (χ1v) is 12.8. The van der Waals surface area contributed by atoms with Crippen molar-refractivity contribution in [3.63, 3.8) is 0 Å². The van der Waals surface area contributed by atoms with Gasteiger partial charge in [0.25, 0.3) is 0 Å². The van der Waals surface area contributed by atoms with E-state index in [9.17, 15) is 14.7 Å². The minimum absolute atomic E-state index is 0.0599. The third-order valence-electron chi connectivity index (χ3n) is 6.52. The standard InChI is InChI=1S/C24H33N5O3S/c1-2-6-18-15-25-24(33-18)27-21-9-5-7-19(26-21)17-10-13-28(14-11-17)23(32)20-8-3-4-12-29(20)16-22(30)31/h5,7,9,15,17,20H,2-4,6,8,10-14,16H2,1H3,(H,30,31)(H,25,26,27)/t20-/m1/s1. The molecule has 1 amide bonds. The molecule has 1 atom stereocenters. The molecule has 0 unspecified atom stereocenters. The van der Waals surface area contributed by atoms with Gasteiger partial charge in [-0.05, 0) is 50.8 Å². The number of nitrogens with zero attached hydrogens (tertiary/aromatic N) is 4. The van der Waals surface area contributed by atoms with Crippen molar-refractivity contribution in [1.82, 2.24) is 19.8 Å². The van der Waals surface area contributed by atoms with Crippen molar-refractivity contribution >= 4 is 34.2 Å². The van der Waals surface area contributed by atoms with Crippen molar-refractivity contribution in [2.75, 3.05) is 31.5 Å². The van der Waals surface area contributed by atoms with Crippen LogP contribution in [0.3, 0.4) is 0 Å². The quantitative estimate of drug-likeness (QED) is 0.603. The van der Waals surface area contributed by atoms with Crippen molar-refractivity contribution < 1.29 is 14.7 Å². The number of likely N-dealkylation sites (tertiary alicyclic amines) is 2. The smallest absolute Gasteiger partial charge is 0.317 e. The van der Waals surface area contributed by atoms with Gasteiger partial charge in [0.15, 0.2) is 5.13 Å². The number of rotatable bonds is 8. The van der Waals surface area contributed by atoms with E-state index in [4.69, 9.17) is 4.98 Å². The third-order valence-corrected chi connectivity index (χ3v) is 7.49. The SMILES string of the molecule is CCCc1cnc(Nc2cccc(C3CCN(C(=O)[C@H]4CCCCN4CC(=O)O)CC3)n2)s1. The number of hydrogen-bond donors (Lipinski definition) is 2. The maximum Gasteiger partial charge on any atom is 0.317 e. The molecule has 0 aromatic carbocycles. The Labute approximate surface area is 199 Å². The fraction of sp³-hybridized carbons (Fsp3) is 0.583. The van der Waals surface area contributed by atoms with Gasteiger partial charge in [0.1, 0.15) is 5.82 Å². The molecule has 4 heterocycles. The van der Waals surface area contributed by atoms with Gasteiger partial charge in [0, 0.05) is 35.8 Å². The Morgan fingerprint density at radius 2 is 2.00 bits per heavy atom. The molecule has 0 bridgehead atoms. The molecule has 2 aliphatic rings. The molecule has 2 aliphatic heterocycles. The molecule has 2 aromatic rings. The molecular formula is C24H33N5O3S. The molecule has 4 rings (SSSR count). The first kappa shape index (κ1) is 23.6. The van der Waals surface area contributed by atoms with Gasteiger partial charge < -0.3 is 15.3 Å². The van der Waals surface area contributed by atoms with E-state index in [-0.39, 0.29) is 18.5 Å². The maximum atomic E-state index is 13.2. The van der Waals surface area contributed by atoms with E-state index in [0.29, 0.717) is 25.6 Å². The lowest BCUT2D eigenvalue weighted by molar-refractivity contribution is -0.144. The minimum atomic E-state index is -0.868. The summed E-state index contributed by atoms with van der Waals surface area (Å²) in [5.41, 5.74) is 1.04. The number of carboxylic acids is 1. The van der Waals surface area contributed by atoms with Gasteiger partial charge in [-0.1, -0.05) is 25.8 Å². The molecule has 0 aliphatic carbocycles. The summed E-state index contributed by atoms with van der Waals surface area (Å²) in [7, 11) is 0. The Bertz CT molecular complexity index is 957. The zero-order chi connectivity index (χ0) is 23.2. The Balaban J connectivity index is 1.34. The second-order valence-electron chi connectivity index (χ2n) is 8.93. The van der Waals surface area contributed by atoms with Crippen LogP contribution in [0.1, 0.15) is 61.9 Å². The number of aliphatic carboxylic acids is 1. The molecule has 2 aromatic heterocycles. The van der Waals surface area contributed by atoms with Gasteiger partial charge in [0.2, 0.25) is 5.91 Å². The fourth-order valence-corrected chi connectivity index (χ4v) is 5.75. The van der Waals surface area contributed by atoms with Crippen LogP contribution in [0.5, 0.6) is 0 Å². The first-order valence-electron chi connectivity index (χ1n) is 12.0. The number of pyridine rings is 1. The normalized spacial score (nSPS) is 20.0. The van der Waals surface area contributed by atoms with Gasteiger partial charge in [-0.25, -0.2) is 9.97 Å². The van der Waals surface area contributed by atoms with Crippen LogP contribution in [0.2, 0.25) is 0 Å². The topological polar surface area (TPSA) is 98.7 Å². The van der Waals surface area contributed by atoms with Crippen LogP contribution in [0.4, 0.5) is 10.9 Å². The number of carbonyl (C=O) groups is 2. The summed E-state index contributed by atoms with van der Waals surface area (Å²) in [6.45, 7) is 4.16. The van der Waals surface area contributed by atoms with Crippen molar-refractivity contribution in [3.8, 4) is 0 Å². The van der Waals surface area contributed by atoms with Crippen LogP contribution in [0.25, 0.3) is 0 Å². The van der Waals surface area contributed by atoms with E-state index >= 15 is 0 Å². The second kappa shape index (κ2) is 11.1. The van der Waals surface area contributed by atoms with E-state index in [1.54, 1.807) is 11.3 Å². The average molecular weight is 472 g/mol. The number of thiazole rings is 1. The number of anilines is 2. The Kier molecular flexibility index (Phi) is 7.93. The van der Waals surface area contributed by atoms with Crippen molar-refractivity contribution in [2.24, 2.45) is 0 Å². The first-order chi connectivity index (χ1) is 16.0. The number of aryl methyl sites for hydroxylation is 1. The van der Waals surface area contributed by atoms with Crippen LogP contribution in [0.15, 0.2) is 24.4 Å². The molecule has 2 saturated heterocycles. The predicted molar refractivity (Wildman–Crippen MR) is 129 cm³/mol. The lowest BCUT2D eigenvalue weighted by Gasteiger charge is -2.39. The molecular weight excluding hydrogens is 438 g/mol. The highest BCUT2D eigenvalue weighted by molar-refractivity contribution is 7.15. The van der Waals surface area contributed by atoms with Crippen LogP contribution in [-0.4, -0.2) is 69.0 Å². The maximum absolute atomic E-state index is 13.2. The molecule has 2 N–H and O–H groups in total. The van der Waals surface area contributed by atoms with Gasteiger partial charge in [-0.15, -0.1) is 11.3 Å². The summed E-state index contributed by atoms with van der Waals surface area (Å²) in [5.74, 6) is 0.330. The van der Waals surface area contributed by atoms with Gasteiger partial charge in [-0.3, -0.25) is 14.5 Å². The van der Waals surface area contributed by atoms with E-state index in [1.807, 2.05) is 28.1 Å². The van der Waals surface area contributed by atoms with E-state index in [0.717, 1.165) is 61.6 Å². The number of piperidine rings is 2. The summed E-state index contributed by atoms with van der Waals surface area (Å²) in [6.07, 6.45) is 8.49. The number of amides is 1. The molecule has 33 heavy (non-hydrogen) atoms. The lowest BCUT2D eigenvalue weighted by Crippen LogP contribution is -2.53. The van der Waals surface area contributed by atoms with Gasteiger partial charge in [-0.2, -0.15) is 0 Å². The fourth-order valence-electron chi connectivity index (χ4n) is 4.83. The largest absolute Gasteiger partial charge is 0.480 e. The second-order valence-corrected chi connectivity index (χ2v) is 10.0. The molecule has 0 spiro atoms. The highest BCUT2D eigenvalue weighted by atomic mass is 32.1. The van der Waals surface area contributed by atoms with E-state index in [2.05, 4.69) is 23.3 Å². The molecule has 0 saturated carbocycles. The number of carbonyl (C=O) groups excluding carboxylic acids is 1. The summed E-state index contributed by atoms with van der Waals surface area (Å²) >= 11 is 1.67. The molecule has 2 fully saturated rings. The number of carboxylic acid groups (broad SMARTS) is 1. The van der Waals surface area contributed by atoms with E-state index in [1.165, 1.54) is 4.88 Å². The highest BCUT2D eigenvalue weighted by Crippen LogP contribution is 2.30. The number of aromatic nitrogens is 2. The predicted octanol–water partition coefficient (Wildman–Crippen LogP) is 3.88. The number of nitrogens with one attached hydrogen (secondary N) is 1. The third kappa shape index (κ3) is 6.09. The summed E-state index contributed by atoms with van der Waals surface area (Å²) in [6, 6.07) is 5.75. The van der Waals surface area contributed by atoms with Crippen molar-refractivity contribution in [1.29, 1.82) is 0 Å². The van der Waals surface area contributed by atoms with Crippen LogP contribution < -0.4 is 5.32 Å². The molecule has 9 heteroatoms. The van der Waals surface area contributed by atoms with Gasteiger partial charge in [0.05, 0.1) is 12.6 Å².